The lowest BCUT2D eigenvalue weighted by Gasteiger charge is -2.28. The van der Waals surface area contributed by atoms with Crippen LogP contribution in [0, 0.1) is 13.8 Å². The van der Waals surface area contributed by atoms with Gasteiger partial charge in [-0.3, -0.25) is 14.5 Å². The fourth-order valence-electron chi connectivity index (χ4n) is 3.99. The molecule has 0 saturated carbocycles. The molecule has 1 aliphatic rings. The number of rotatable bonds is 5. The maximum atomic E-state index is 13.6. The number of para-hydroxylation sites is 1. The SMILES string of the molecule is Cc1cccc(C)c1NC(=O)CN1C(=O)NC(c2ccccc2)(c2ccccc2)C1=O. The van der Waals surface area contributed by atoms with Gasteiger partial charge in [0.1, 0.15) is 6.54 Å². The van der Waals surface area contributed by atoms with Gasteiger partial charge in [0.25, 0.3) is 5.91 Å². The number of amides is 4. The number of benzene rings is 3. The number of hydrogen-bond acceptors (Lipinski definition) is 3. The van der Waals surface area contributed by atoms with Gasteiger partial charge in [0, 0.05) is 5.69 Å². The molecule has 0 aliphatic carbocycles. The predicted octanol–water partition coefficient (Wildman–Crippen LogP) is 3.74. The minimum absolute atomic E-state index is 0.375. The van der Waals surface area contributed by atoms with E-state index in [2.05, 4.69) is 10.6 Å². The summed E-state index contributed by atoms with van der Waals surface area (Å²) in [5.74, 6) is -0.913. The van der Waals surface area contributed by atoms with Crippen LogP contribution in [-0.4, -0.2) is 29.3 Å². The summed E-state index contributed by atoms with van der Waals surface area (Å²) in [5, 5.41) is 5.69. The first-order valence-electron chi connectivity index (χ1n) is 10.0. The van der Waals surface area contributed by atoms with Crippen molar-refractivity contribution in [2.75, 3.05) is 11.9 Å². The molecule has 3 aromatic carbocycles. The van der Waals surface area contributed by atoms with Gasteiger partial charge < -0.3 is 10.6 Å². The maximum Gasteiger partial charge on any atom is 0.326 e. The number of urea groups is 1. The first-order valence-corrected chi connectivity index (χ1v) is 10.0. The Labute approximate surface area is 180 Å². The van der Waals surface area contributed by atoms with Crippen LogP contribution in [0.1, 0.15) is 22.3 Å². The third-order valence-electron chi connectivity index (χ3n) is 5.57. The van der Waals surface area contributed by atoms with Crippen LogP contribution in [0.4, 0.5) is 10.5 Å². The number of imide groups is 1. The summed E-state index contributed by atoms with van der Waals surface area (Å²) in [7, 11) is 0. The zero-order valence-electron chi connectivity index (χ0n) is 17.4. The van der Waals surface area contributed by atoms with Gasteiger partial charge in [0.15, 0.2) is 5.54 Å². The number of anilines is 1. The number of carbonyl (C=O) groups is 3. The van der Waals surface area contributed by atoms with Gasteiger partial charge in [-0.2, -0.15) is 0 Å². The molecule has 1 saturated heterocycles. The lowest BCUT2D eigenvalue weighted by atomic mass is 9.82. The molecular weight excluding hydrogens is 390 g/mol. The fraction of sp³-hybridized carbons (Fsp3) is 0.160. The highest BCUT2D eigenvalue weighted by Crippen LogP contribution is 2.36. The second-order valence-electron chi connectivity index (χ2n) is 7.62. The van der Waals surface area contributed by atoms with Crippen molar-refractivity contribution in [1.29, 1.82) is 0 Å². The second-order valence-corrected chi connectivity index (χ2v) is 7.62. The molecule has 156 valence electrons. The Morgan fingerprint density at radius 1 is 0.839 bits per heavy atom. The Morgan fingerprint density at radius 2 is 1.35 bits per heavy atom. The molecule has 31 heavy (non-hydrogen) atoms. The highest BCUT2D eigenvalue weighted by Gasteiger charge is 2.54. The summed E-state index contributed by atoms with van der Waals surface area (Å²) in [4.78, 5) is 40.2. The van der Waals surface area contributed by atoms with E-state index in [1.165, 1.54) is 0 Å². The van der Waals surface area contributed by atoms with Gasteiger partial charge in [-0.1, -0.05) is 78.9 Å². The molecule has 0 bridgehead atoms. The molecule has 4 rings (SSSR count). The summed E-state index contributed by atoms with van der Waals surface area (Å²) in [6.45, 7) is 3.41. The van der Waals surface area contributed by atoms with Gasteiger partial charge in [0.05, 0.1) is 0 Å². The van der Waals surface area contributed by atoms with Crippen LogP contribution in [0.25, 0.3) is 0 Å². The second kappa shape index (κ2) is 8.07. The molecule has 3 aromatic rings. The molecule has 0 spiro atoms. The Kier molecular flexibility index (Phi) is 5.29. The first kappa shape index (κ1) is 20.3. The minimum Gasteiger partial charge on any atom is -0.324 e. The van der Waals surface area contributed by atoms with E-state index in [1.807, 2.05) is 68.4 Å². The summed E-state index contributed by atoms with van der Waals surface area (Å²) < 4.78 is 0. The average Bonchev–Trinajstić information content (AvgIpc) is 3.03. The summed E-state index contributed by atoms with van der Waals surface area (Å²) in [5.41, 5.74) is 2.41. The maximum absolute atomic E-state index is 13.6. The van der Waals surface area contributed by atoms with Gasteiger partial charge >= 0.3 is 6.03 Å². The highest BCUT2D eigenvalue weighted by atomic mass is 16.2. The molecule has 0 unspecified atom stereocenters. The third kappa shape index (κ3) is 3.57. The van der Waals surface area contributed by atoms with Gasteiger partial charge in [0.2, 0.25) is 5.91 Å². The van der Waals surface area contributed by atoms with E-state index in [0.717, 1.165) is 16.0 Å². The molecule has 0 radical (unpaired) electrons. The number of nitrogens with one attached hydrogen (secondary N) is 2. The smallest absolute Gasteiger partial charge is 0.324 e. The Bertz CT molecular complexity index is 1080. The topological polar surface area (TPSA) is 78.5 Å². The van der Waals surface area contributed by atoms with Crippen molar-refractivity contribution < 1.29 is 14.4 Å². The van der Waals surface area contributed by atoms with E-state index in [1.54, 1.807) is 24.3 Å². The van der Waals surface area contributed by atoms with Crippen molar-refractivity contribution in [3.63, 3.8) is 0 Å². The third-order valence-corrected chi connectivity index (χ3v) is 5.57. The largest absolute Gasteiger partial charge is 0.326 e. The van der Waals surface area contributed by atoms with Crippen molar-refractivity contribution in [3.8, 4) is 0 Å². The zero-order chi connectivity index (χ0) is 22.0. The van der Waals surface area contributed by atoms with Gasteiger partial charge in [-0.15, -0.1) is 0 Å². The van der Waals surface area contributed by atoms with Crippen LogP contribution in [0.2, 0.25) is 0 Å². The van der Waals surface area contributed by atoms with Crippen molar-refractivity contribution >= 4 is 23.5 Å². The van der Waals surface area contributed by atoms with Crippen molar-refractivity contribution in [2.45, 2.75) is 19.4 Å². The van der Waals surface area contributed by atoms with Crippen LogP contribution in [0.3, 0.4) is 0 Å². The van der Waals surface area contributed by atoms with Crippen LogP contribution < -0.4 is 10.6 Å². The quantitative estimate of drug-likeness (QED) is 0.626. The molecule has 1 aliphatic heterocycles. The molecule has 6 heteroatoms. The van der Waals surface area contributed by atoms with E-state index >= 15 is 0 Å². The fourth-order valence-corrected chi connectivity index (χ4v) is 3.99. The first-order chi connectivity index (χ1) is 14.9. The highest BCUT2D eigenvalue weighted by molar-refractivity contribution is 6.12. The summed E-state index contributed by atoms with van der Waals surface area (Å²) in [6.07, 6.45) is 0. The van der Waals surface area contributed by atoms with Crippen LogP contribution in [0.5, 0.6) is 0 Å². The van der Waals surface area contributed by atoms with Gasteiger partial charge in [-0.25, -0.2) is 4.79 Å². The lowest BCUT2D eigenvalue weighted by molar-refractivity contribution is -0.133. The van der Waals surface area contributed by atoms with Crippen molar-refractivity contribution in [3.05, 3.63) is 101 Å². The van der Waals surface area contributed by atoms with Crippen molar-refractivity contribution in [2.24, 2.45) is 0 Å². The molecule has 4 amide bonds. The average molecular weight is 413 g/mol. The monoisotopic (exact) mass is 413 g/mol. The Hall–Kier alpha value is -3.93. The number of carbonyl (C=O) groups excluding carboxylic acids is 3. The standard InChI is InChI=1S/C25H23N3O3/c1-17-10-9-11-18(2)22(17)26-21(29)16-28-23(30)25(27-24(28)31,19-12-5-3-6-13-19)20-14-7-4-8-15-20/h3-15H,16H2,1-2H3,(H,26,29)(H,27,31). The molecule has 2 N–H and O–H groups in total. The van der Waals surface area contributed by atoms with E-state index in [0.29, 0.717) is 16.8 Å². The molecular formula is C25H23N3O3. The van der Waals surface area contributed by atoms with Crippen LogP contribution >= 0.6 is 0 Å². The molecule has 1 fully saturated rings. The minimum atomic E-state index is -1.38. The van der Waals surface area contributed by atoms with Crippen molar-refractivity contribution in [1.82, 2.24) is 10.2 Å². The van der Waals surface area contributed by atoms with Crippen LogP contribution in [-0.2, 0) is 15.1 Å². The molecule has 0 atom stereocenters. The Morgan fingerprint density at radius 3 is 1.87 bits per heavy atom. The molecule has 6 nitrogen and oxygen atoms in total. The summed E-state index contributed by atoms with van der Waals surface area (Å²) >= 11 is 0. The van der Waals surface area contributed by atoms with E-state index in [9.17, 15) is 14.4 Å². The van der Waals surface area contributed by atoms with E-state index < -0.39 is 23.4 Å². The van der Waals surface area contributed by atoms with E-state index in [-0.39, 0.29) is 6.54 Å². The predicted molar refractivity (Wildman–Crippen MR) is 118 cm³/mol. The normalized spacial score (nSPS) is 15.0. The number of aryl methyl sites for hydroxylation is 2. The number of nitrogens with zero attached hydrogens (tertiary/aromatic N) is 1. The van der Waals surface area contributed by atoms with E-state index in [4.69, 9.17) is 0 Å². The lowest BCUT2D eigenvalue weighted by Crippen LogP contribution is -2.45. The zero-order valence-corrected chi connectivity index (χ0v) is 17.4. The van der Waals surface area contributed by atoms with Gasteiger partial charge in [-0.05, 0) is 36.1 Å². The molecule has 1 heterocycles. The molecule has 0 aromatic heterocycles. The number of hydrogen-bond donors (Lipinski definition) is 2. The Balaban J connectivity index is 1.66. The van der Waals surface area contributed by atoms with Crippen LogP contribution in [0.15, 0.2) is 78.9 Å². The summed E-state index contributed by atoms with van der Waals surface area (Å²) in [6, 6.07) is 23.2.